The molecule has 0 aliphatic carbocycles. The Morgan fingerprint density at radius 3 is 2.59 bits per heavy atom. The van der Waals surface area contributed by atoms with E-state index in [1.807, 2.05) is 24.3 Å². The summed E-state index contributed by atoms with van der Waals surface area (Å²) in [5, 5.41) is 1.31. The largest absolute Gasteiger partial charge is 0.323 e. The average Bonchev–Trinajstić information content (AvgIpc) is 2.69. The monoisotopic (exact) mass is 349 g/mol. The lowest BCUT2D eigenvalue weighted by Gasteiger charge is -2.11. The van der Waals surface area contributed by atoms with E-state index in [0.29, 0.717) is 16.5 Å². The number of halogens is 3. The van der Waals surface area contributed by atoms with Crippen LogP contribution in [0.3, 0.4) is 0 Å². The van der Waals surface area contributed by atoms with Crippen LogP contribution in [0.25, 0.3) is 0 Å². The molecule has 5 heteroatoms. The Bertz CT molecular complexity index is 527. The highest BCUT2D eigenvalue weighted by molar-refractivity contribution is 9.11. The summed E-state index contributed by atoms with van der Waals surface area (Å²) in [7, 11) is 0. The van der Waals surface area contributed by atoms with Gasteiger partial charge < -0.3 is 5.73 Å². The van der Waals surface area contributed by atoms with Crippen LogP contribution in [0.5, 0.6) is 0 Å². The van der Waals surface area contributed by atoms with E-state index in [1.54, 1.807) is 17.4 Å². The van der Waals surface area contributed by atoms with E-state index in [9.17, 15) is 0 Å². The summed E-state index contributed by atoms with van der Waals surface area (Å²) >= 11 is 17.1. The smallest absolute Gasteiger partial charge is 0.0701 e. The van der Waals surface area contributed by atoms with Gasteiger partial charge in [-0.2, -0.15) is 0 Å². The summed E-state index contributed by atoms with van der Waals surface area (Å²) < 4.78 is 1.09. The van der Waals surface area contributed by atoms with Gasteiger partial charge in [-0.05, 0) is 52.2 Å². The van der Waals surface area contributed by atoms with Crippen LogP contribution in [0.2, 0.25) is 10.0 Å². The Balaban J connectivity index is 2.15. The van der Waals surface area contributed by atoms with Gasteiger partial charge >= 0.3 is 0 Å². The minimum atomic E-state index is -0.0371. The van der Waals surface area contributed by atoms with Gasteiger partial charge in [-0.3, -0.25) is 0 Å². The molecule has 1 unspecified atom stereocenters. The van der Waals surface area contributed by atoms with Crippen LogP contribution in [0.4, 0.5) is 0 Å². The first-order valence-corrected chi connectivity index (χ1v) is 7.37. The molecule has 1 nitrogen and oxygen atoms in total. The highest BCUT2D eigenvalue weighted by Crippen LogP contribution is 2.30. The minimum absolute atomic E-state index is 0.0371. The molecule has 1 atom stereocenters. The van der Waals surface area contributed by atoms with E-state index < -0.39 is 0 Å². The van der Waals surface area contributed by atoms with Crippen LogP contribution in [0.1, 0.15) is 16.5 Å². The van der Waals surface area contributed by atoms with Gasteiger partial charge in [0, 0.05) is 21.0 Å². The Morgan fingerprint density at radius 1 is 1.24 bits per heavy atom. The molecule has 2 aromatic rings. The van der Waals surface area contributed by atoms with Crippen LogP contribution < -0.4 is 5.73 Å². The highest BCUT2D eigenvalue weighted by Gasteiger charge is 2.11. The van der Waals surface area contributed by atoms with E-state index in [-0.39, 0.29) is 6.04 Å². The summed E-state index contributed by atoms with van der Waals surface area (Å²) in [6, 6.07) is 9.50. The van der Waals surface area contributed by atoms with Crippen molar-refractivity contribution in [3.05, 3.63) is 54.6 Å². The summed E-state index contributed by atoms with van der Waals surface area (Å²) in [4.78, 5) is 1.14. The van der Waals surface area contributed by atoms with Crippen molar-refractivity contribution in [2.75, 3.05) is 0 Å². The lowest BCUT2D eigenvalue weighted by Crippen LogP contribution is -2.11. The van der Waals surface area contributed by atoms with Crippen LogP contribution in [-0.4, -0.2) is 0 Å². The fourth-order valence-corrected chi connectivity index (χ4v) is 3.46. The number of thiophene rings is 1. The molecule has 0 saturated carbocycles. The molecule has 0 radical (unpaired) electrons. The van der Waals surface area contributed by atoms with Gasteiger partial charge in [-0.15, -0.1) is 11.3 Å². The van der Waals surface area contributed by atoms with Crippen LogP contribution in [0, 0.1) is 0 Å². The third kappa shape index (κ3) is 3.46. The second kappa shape index (κ2) is 5.72. The predicted octanol–water partition coefficient (Wildman–Crippen LogP) is 5.06. The van der Waals surface area contributed by atoms with E-state index >= 15 is 0 Å². The molecular weight excluding hydrogens is 341 g/mol. The molecule has 1 heterocycles. The normalized spacial score (nSPS) is 12.7. The van der Waals surface area contributed by atoms with E-state index in [0.717, 1.165) is 14.2 Å². The van der Waals surface area contributed by atoms with Crippen molar-refractivity contribution < 1.29 is 0 Å². The van der Waals surface area contributed by atoms with Crippen LogP contribution >= 0.6 is 50.5 Å². The molecule has 2 rings (SSSR count). The summed E-state index contributed by atoms with van der Waals surface area (Å²) in [5.74, 6) is 0. The van der Waals surface area contributed by atoms with Gasteiger partial charge in [0.2, 0.25) is 0 Å². The van der Waals surface area contributed by atoms with Gasteiger partial charge in [0.1, 0.15) is 0 Å². The van der Waals surface area contributed by atoms with Crippen LogP contribution in [-0.2, 0) is 6.42 Å². The Morgan fingerprint density at radius 2 is 2.00 bits per heavy atom. The zero-order valence-electron chi connectivity index (χ0n) is 8.79. The number of benzene rings is 1. The number of nitrogens with two attached hydrogens (primary N) is 1. The minimum Gasteiger partial charge on any atom is -0.323 e. The number of hydrogen-bond donors (Lipinski definition) is 1. The summed E-state index contributed by atoms with van der Waals surface area (Å²) in [5.41, 5.74) is 7.17. The first-order valence-electron chi connectivity index (χ1n) is 5.01. The Hall–Kier alpha value is -0.0600. The molecule has 0 fully saturated rings. The zero-order valence-corrected chi connectivity index (χ0v) is 12.7. The van der Waals surface area contributed by atoms with Crippen molar-refractivity contribution >= 4 is 50.5 Å². The van der Waals surface area contributed by atoms with E-state index in [2.05, 4.69) is 15.9 Å². The van der Waals surface area contributed by atoms with Crippen molar-refractivity contribution in [1.82, 2.24) is 0 Å². The summed E-state index contributed by atoms with van der Waals surface area (Å²) in [6.07, 6.45) is 0.711. The van der Waals surface area contributed by atoms with Gasteiger partial charge in [-0.1, -0.05) is 29.3 Å². The molecule has 1 aromatic heterocycles. The average molecular weight is 351 g/mol. The van der Waals surface area contributed by atoms with Gasteiger partial charge in [0.25, 0.3) is 0 Å². The zero-order chi connectivity index (χ0) is 12.4. The number of hydrogen-bond acceptors (Lipinski definition) is 2. The van der Waals surface area contributed by atoms with Crippen LogP contribution in [0.15, 0.2) is 34.1 Å². The second-order valence-electron chi connectivity index (χ2n) is 3.69. The topological polar surface area (TPSA) is 26.0 Å². The molecular formula is C12H10BrCl2NS. The van der Waals surface area contributed by atoms with Gasteiger partial charge in [-0.25, -0.2) is 0 Å². The predicted molar refractivity (Wildman–Crippen MR) is 79.1 cm³/mol. The third-order valence-corrected chi connectivity index (χ3v) is 4.76. The van der Waals surface area contributed by atoms with Crippen molar-refractivity contribution in [3.8, 4) is 0 Å². The van der Waals surface area contributed by atoms with Crippen molar-refractivity contribution in [2.24, 2.45) is 5.73 Å². The number of rotatable bonds is 3. The molecule has 0 spiro atoms. The first-order chi connectivity index (χ1) is 8.06. The van der Waals surface area contributed by atoms with E-state index in [4.69, 9.17) is 28.9 Å². The molecule has 17 heavy (non-hydrogen) atoms. The fourth-order valence-electron chi connectivity index (χ4n) is 1.55. The van der Waals surface area contributed by atoms with Crippen molar-refractivity contribution in [3.63, 3.8) is 0 Å². The van der Waals surface area contributed by atoms with E-state index in [1.165, 1.54) is 0 Å². The molecule has 1 aromatic carbocycles. The molecule has 2 N–H and O–H groups in total. The highest BCUT2D eigenvalue weighted by atomic mass is 79.9. The Labute approximate surface area is 123 Å². The molecule has 0 saturated heterocycles. The standard InChI is InChI=1S/C12H10BrCl2NS/c13-12-4-3-11(17-12)10(16)5-7-1-2-8(14)6-9(7)15/h1-4,6,10H,5,16H2. The maximum atomic E-state index is 6.15. The first kappa shape index (κ1) is 13.4. The molecule has 0 aliphatic heterocycles. The van der Waals surface area contributed by atoms with Crippen molar-refractivity contribution in [2.45, 2.75) is 12.5 Å². The molecule has 0 amide bonds. The maximum absolute atomic E-state index is 6.15. The fraction of sp³-hybridized carbons (Fsp3) is 0.167. The lowest BCUT2D eigenvalue weighted by molar-refractivity contribution is 0.737. The Kier molecular flexibility index (Phi) is 4.50. The van der Waals surface area contributed by atoms with Crippen molar-refractivity contribution in [1.29, 1.82) is 0 Å². The quantitative estimate of drug-likeness (QED) is 0.822. The molecule has 0 bridgehead atoms. The van der Waals surface area contributed by atoms with Gasteiger partial charge in [0.05, 0.1) is 3.79 Å². The summed E-state index contributed by atoms with van der Waals surface area (Å²) in [6.45, 7) is 0. The lowest BCUT2D eigenvalue weighted by atomic mass is 10.1. The molecule has 0 aliphatic rings. The van der Waals surface area contributed by atoms with Gasteiger partial charge in [0.15, 0.2) is 0 Å². The molecule has 90 valence electrons. The SMILES string of the molecule is NC(Cc1ccc(Cl)cc1Cl)c1ccc(Br)s1. The maximum Gasteiger partial charge on any atom is 0.0701 e. The second-order valence-corrected chi connectivity index (χ2v) is 7.03. The third-order valence-electron chi connectivity index (χ3n) is 2.41.